The third-order valence-corrected chi connectivity index (χ3v) is 1.84. The molecule has 1 aromatic carbocycles. The van der Waals surface area contributed by atoms with Crippen molar-refractivity contribution in [2.24, 2.45) is 0 Å². The number of ether oxygens (including phenoxy) is 1. The second-order valence-corrected chi connectivity index (χ2v) is 3.04. The second kappa shape index (κ2) is 5.81. The van der Waals surface area contributed by atoms with Crippen LogP contribution in [0.15, 0.2) is 12.1 Å². The lowest BCUT2D eigenvalue weighted by molar-refractivity contribution is 0.112. The number of nitriles is 1. The van der Waals surface area contributed by atoms with E-state index in [4.69, 9.17) is 10.00 Å². The van der Waals surface area contributed by atoms with Gasteiger partial charge < -0.3 is 4.74 Å². The number of rotatable bonds is 5. The maximum atomic E-state index is 13.2. The predicted molar refractivity (Wildman–Crippen MR) is 52.1 cm³/mol. The molecule has 0 atom stereocenters. The van der Waals surface area contributed by atoms with Gasteiger partial charge in [-0.3, -0.25) is 4.79 Å². The number of benzene rings is 1. The molecule has 16 heavy (non-hydrogen) atoms. The first-order chi connectivity index (χ1) is 7.69. The molecule has 0 saturated heterocycles. The van der Waals surface area contributed by atoms with Gasteiger partial charge in [0.25, 0.3) is 0 Å². The Morgan fingerprint density at radius 2 is 2.00 bits per heavy atom. The molecule has 5 heteroatoms. The van der Waals surface area contributed by atoms with Crippen LogP contribution < -0.4 is 4.74 Å². The van der Waals surface area contributed by atoms with Crippen LogP contribution in [-0.4, -0.2) is 12.9 Å². The first-order valence-electron chi connectivity index (χ1n) is 4.63. The van der Waals surface area contributed by atoms with E-state index in [1.807, 2.05) is 6.07 Å². The van der Waals surface area contributed by atoms with E-state index in [0.29, 0.717) is 12.7 Å². The summed E-state index contributed by atoms with van der Waals surface area (Å²) < 4.78 is 31.3. The molecule has 1 aromatic rings. The van der Waals surface area contributed by atoms with Gasteiger partial charge in [-0.1, -0.05) is 0 Å². The van der Waals surface area contributed by atoms with E-state index in [1.165, 1.54) is 0 Å². The summed E-state index contributed by atoms with van der Waals surface area (Å²) in [5, 5.41) is 8.25. The molecule has 0 radical (unpaired) electrons. The lowest BCUT2D eigenvalue weighted by atomic mass is 10.2. The molecule has 3 nitrogen and oxygen atoms in total. The number of carbonyl (C=O) groups excluding carboxylic acids is 1. The van der Waals surface area contributed by atoms with Crippen molar-refractivity contribution in [2.75, 3.05) is 6.61 Å². The van der Waals surface area contributed by atoms with E-state index < -0.39 is 17.4 Å². The summed E-state index contributed by atoms with van der Waals surface area (Å²) in [6, 6.07) is 3.68. The predicted octanol–water partition coefficient (Wildman–Crippen LogP) is 2.46. The highest BCUT2D eigenvalue weighted by Gasteiger charge is 2.12. The Hall–Kier alpha value is -1.96. The monoisotopic (exact) mass is 225 g/mol. The Labute approximate surface area is 91.3 Å². The van der Waals surface area contributed by atoms with Crippen LogP contribution in [0.25, 0.3) is 0 Å². The molecule has 0 amide bonds. The second-order valence-electron chi connectivity index (χ2n) is 3.04. The summed E-state index contributed by atoms with van der Waals surface area (Å²) >= 11 is 0. The summed E-state index contributed by atoms with van der Waals surface area (Å²) in [7, 11) is 0. The Morgan fingerprint density at radius 1 is 1.38 bits per heavy atom. The highest BCUT2D eigenvalue weighted by Crippen LogP contribution is 2.22. The van der Waals surface area contributed by atoms with Gasteiger partial charge in [0.1, 0.15) is 6.29 Å². The van der Waals surface area contributed by atoms with Gasteiger partial charge in [0, 0.05) is 12.0 Å². The quantitative estimate of drug-likeness (QED) is 0.571. The van der Waals surface area contributed by atoms with Crippen LogP contribution in [0.5, 0.6) is 5.75 Å². The molecule has 0 aromatic heterocycles. The fourth-order valence-corrected chi connectivity index (χ4v) is 1.11. The molecule has 0 bridgehead atoms. The summed E-state index contributed by atoms with van der Waals surface area (Å²) in [6.07, 6.45) is 1.01. The van der Waals surface area contributed by atoms with Gasteiger partial charge in [-0.2, -0.15) is 5.26 Å². The maximum absolute atomic E-state index is 13.2. The molecule has 0 aliphatic heterocycles. The number of unbranched alkanes of at least 4 members (excludes halogenated alkanes) is 1. The zero-order valence-corrected chi connectivity index (χ0v) is 8.37. The third kappa shape index (κ3) is 3.02. The van der Waals surface area contributed by atoms with E-state index >= 15 is 0 Å². The molecule has 1 rings (SSSR count). The molecule has 0 aliphatic rings. The van der Waals surface area contributed by atoms with E-state index in [0.717, 1.165) is 12.1 Å². The molecule has 0 spiro atoms. The van der Waals surface area contributed by atoms with Gasteiger partial charge in [-0.15, -0.1) is 0 Å². The van der Waals surface area contributed by atoms with Crippen molar-refractivity contribution in [1.82, 2.24) is 0 Å². The highest BCUT2D eigenvalue weighted by atomic mass is 19.1. The number of aldehydes is 1. The first-order valence-corrected chi connectivity index (χ1v) is 4.63. The zero-order valence-electron chi connectivity index (χ0n) is 8.37. The SMILES string of the molecule is N#CCCCOc1c(F)cc(C=O)cc1F. The lowest BCUT2D eigenvalue weighted by Gasteiger charge is -2.07. The first kappa shape index (κ1) is 12.1. The van der Waals surface area contributed by atoms with Crippen LogP contribution in [0, 0.1) is 23.0 Å². The van der Waals surface area contributed by atoms with Crippen LogP contribution in [-0.2, 0) is 0 Å². The summed E-state index contributed by atoms with van der Waals surface area (Å²) in [5.41, 5.74) is -0.0839. The van der Waals surface area contributed by atoms with Crippen molar-refractivity contribution < 1.29 is 18.3 Å². The third-order valence-electron chi connectivity index (χ3n) is 1.84. The molecule has 0 fully saturated rings. The molecular weight excluding hydrogens is 216 g/mol. The molecule has 0 aliphatic carbocycles. The number of hydrogen-bond donors (Lipinski definition) is 0. The van der Waals surface area contributed by atoms with E-state index in [1.54, 1.807) is 0 Å². The standard InChI is InChI=1S/C11H9F2NO2/c12-9-5-8(7-15)6-10(13)11(9)16-4-2-1-3-14/h5-7H,1-2,4H2. The van der Waals surface area contributed by atoms with Gasteiger partial charge in [-0.25, -0.2) is 8.78 Å². The van der Waals surface area contributed by atoms with Crippen LogP contribution in [0.1, 0.15) is 23.2 Å². The molecule has 0 unspecified atom stereocenters. The van der Waals surface area contributed by atoms with Crippen molar-refractivity contribution in [2.45, 2.75) is 12.8 Å². The number of hydrogen-bond acceptors (Lipinski definition) is 3. The Kier molecular flexibility index (Phi) is 4.40. The minimum Gasteiger partial charge on any atom is -0.488 e. The minimum absolute atomic E-state index is 0.0574. The average molecular weight is 225 g/mol. The van der Waals surface area contributed by atoms with Crippen molar-refractivity contribution in [3.8, 4) is 11.8 Å². The van der Waals surface area contributed by atoms with Gasteiger partial charge in [0.15, 0.2) is 17.4 Å². The minimum atomic E-state index is -0.918. The Balaban J connectivity index is 2.73. The highest BCUT2D eigenvalue weighted by molar-refractivity contribution is 5.75. The van der Waals surface area contributed by atoms with E-state index in [-0.39, 0.29) is 18.6 Å². The van der Waals surface area contributed by atoms with Crippen molar-refractivity contribution in [3.05, 3.63) is 29.3 Å². The summed E-state index contributed by atoms with van der Waals surface area (Å²) in [4.78, 5) is 10.3. The molecule has 0 saturated carbocycles. The summed E-state index contributed by atoms with van der Waals surface area (Å²) in [6.45, 7) is 0.0574. The van der Waals surface area contributed by atoms with E-state index in [2.05, 4.69) is 0 Å². The molecular formula is C11H9F2NO2. The van der Waals surface area contributed by atoms with Gasteiger partial charge >= 0.3 is 0 Å². The van der Waals surface area contributed by atoms with Crippen LogP contribution >= 0.6 is 0 Å². The van der Waals surface area contributed by atoms with E-state index in [9.17, 15) is 13.6 Å². The van der Waals surface area contributed by atoms with Crippen molar-refractivity contribution in [3.63, 3.8) is 0 Å². The smallest absolute Gasteiger partial charge is 0.190 e. The normalized spacial score (nSPS) is 9.56. The largest absolute Gasteiger partial charge is 0.488 e. The topological polar surface area (TPSA) is 50.1 Å². The Bertz CT molecular complexity index is 403. The van der Waals surface area contributed by atoms with Crippen LogP contribution in [0.2, 0.25) is 0 Å². The Morgan fingerprint density at radius 3 is 2.50 bits per heavy atom. The van der Waals surface area contributed by atoms with Crippen molar-refractivity contribution in [1.29, 1.82) is 5.26 Å². The molecule has 84 valence electrons. The van der Waals surface area contributed by atoms with Crippen LogP contribution in [0.3, 0.4) is 0 Å². The number of carbonyl (C=O) groups is 1. The van der Waals surface area contributed by atoms with Crippen LogP contribution in [0.4, 0.5) is 8.78 Å². The zero-order chi connectivity index (χ0) is 12.0. The number of halogens is 2. The van der Waals surface area contributed by atoms with Gasteiger partial charge in [-0.05, 0) is 18.6 Å². The van der Waals surface area contributed by atoms with Crippen molar-refractivity contribution >= 4 is 6.29 Å². The van der Waals surface area contributed by atoms with Gasteiger partial charge in [0.05, 0.1) is 12.7 Å². The molecule has 0 N–H and O–H groups in total. The fraction of sp³-hybridized carbons (Fsp3) is 0.273. The fourth-order valence-electron chi connectivity index (χ4n) is 1.11. The molecule has 0 heterocycles. The maximum Gasteiger partial charge on any atom is 0.190 e. The number of nitrogens with zero attached hydrogens (tertiary/aromatic N) is 1. The van der Waals surface area contributed by atoms with Gasteiger partial charge in [0.2, 0.25) is 0 Å². The lowest BCUT2D eigenvalue weighted by Crippen LogP contribution is -2.02. The summed E-state index contributed by atoms with van der Waals surface area (Å²) in [5.74, 6) is -2.35. The average Bonchev–Trinajstić information content (AvgIpc) is 2.26.